The Labute approximate surface area is 141 Å². The van der Waals surface area contributed by atoms with E-state index in [1.54, 1.807) is 12.3 Å². The summed E-state index contributed by atoms with van der Waals surface area (Å²) in [4.78, 5) is 14.3. The van der Waals surface area contributed by atoms with Gasteiger partial charge in [0.25, 0.3) is 5.91 Å². The van der Waals surface area contributed by atoms with Gasteiger partial charge < -0.3 is 15.5 Å². The molecular weight excluding hydrogens is 305 g/mol. The minimum Gasteiger partial charge on any atom is -0.372 e. The highest BCUT2D eigenvalue weighted by atomic mass is 19.1. The van der Waals surface area contributed by atoms with E-state index in [4.69, 9.17) is 0 Å². The SMILES string of the molecule is CCN(CC)c1ccc(NC=C2C(=O)Nc3ccc(F)cc32)cc1. The second kappa shape index (κ2) is 6.74. The van der Waals surface area contributed by atoms with Crippen molar-refractivity contribution in [2.45, 2.75) is 13.8 Å². The third-order valence-corrected chi connectivity index (χ3v) is 4.14. The van der Waals surface area contributed by atoms with Crippen molar-refractivity contribution in [2.24, 2.45) is 0 Å². The van der Waals surface area contributed by atoms with E-state index in [-0.39, 0.29) is 11.7 Å². The van der Waals surface area contributed by atoms with Crippen LogP contribution in [-0.2, 0) is 4.79 Å². The first-order valence-electron chi connectivity index (χ1n) is 8.05. The second-order valence-electron chi connectivity index (χ2n) is 5.57. The van der Waals surface area contributed by atoms with Crippen LogP contribution in [0.25, 0.3) is 5.57 Å². The number of nitrogens with one attached hydrogen (secondary N) is 2. The van der Waals surface area contributed by atoms with E-state index in [0.717, 1.165) is 24.5 Å². The van der Waals surface area contributed by atoms with Gasteiger partial charge in [0.1, 0.15) is 5.82 Å². The van der Waals surface area contributed by atoms with Gasteiger partial charge in [0.05, 0.1) is 5.57 Å². The molecule has 0 unspecified atom stereocenters. The Kier molecular flexibility index (Phi) is 4.51. The molecule has 5 heteroatoms. The average Bonchev–Trinajstić information content (AvgIpc) is 2.90. The van der Waals surface area contributed by atoms with E-state index in [1.165, 1.54) is 12.1 Å². The van der Waals surface area contributed by atoms with E-state index in [0.29, 0.717) is 16.8 Å². The summed E-state index contributed by atoms with van der Waals surface area (Å²) in [5, 5.41) is 5.85. The topological polar surface area (TPSA) is 44.4 Å². The number of carbonyl (C=O) groups is 1. The first-order valence-corrected chi connectivity index (χ1v) is 8.05. The van der Waals surface area contributed by atoms with E-state index >= 15 is 0 Å². The Balaban J connectivity index is 1.79. The number of benzene rings is 2. The van der Waals surface area contributed by atoms with Crippen molar-refractivity contribution < 1.29 is 9.18 Å². The lowest BCUT2D eigenvalue weighted by molar-refractivity contribution is -0.110. The largest absolute Gasteiger partial charge is 0.372 e. The molecule has 0 atom stereocenters. The molecule has 2 N–H and O–H groups in total. The highest BCUT2D eigenvalue weighted by molar-refractivity contribution is 6.31. The van der Waals surface area contributed by atoms with Crippen LogP contribution in [0.15, 0.2) is 48.7 Å². The number of hydrogen-bond donors (Lipinski definition) is 2. The van der Waals surface area contributed by atoms with Crippen molar-refractivity contribution in [1.29, 1.82) is 0 Å². The van der Waals surface area contributed by atoms with Crippen molar-refractivity contribution in [3.8, 4) is 0 Å². The molecule has 2 aromatic rings. The molecular formula is C19H20FN3O. The van der Waals surface area contributed by atoms with Crippen LogP contribution in [0.4, 0.5) is 21.5 Å². The minimum absolute atomic E-state index is 0.233. The fraction of sp³-hybridized carbons (Fsp3) is 0.211. The van der Waals surface area contributed by atoms with Crippen molar-refractivity contribution in [1.82, 2.24) is 0 Å². The molecule has 1 amide bonds. The van der Waals surface area contributed by atoms with E-state index in [9.17, 15) is 9.18 Å². The van der Waals surface area contributed by atoms with Gasteiger partial charge in [-0.05, 0) is 56.3 Å². The van der Waals surface area contributed by atoms with Crippen LogP contribution in [0, 0.1) is 5.82 Å². The Morgan fingerprint density at radius 2 is 1.83 bits per heavy atom. The molecule has 2 aromatic carbocycles. The maximum atomic E-state index is 13.4. The molecule has 0 saturated heterocycles. The van der Waals surface area contributed by atoms with Gasteiger partial charge in [-0.3, -0.25) is 4.79 Å². The van der Waals surface area contributed by atoms with Crippen LogP contribution >= 0.6 is 0 Å². The van der Waals surface area contributed by atoms with Crippen LogP contribution in [0.3, 0.4) is 0 Å². The van der Waals surface area contributed by atoms with E-state index < -0.39 is 0 Å². The van der Waals surface area contributed by atoms with Gasteiger partial charge in [-0.1, -0.05) is 0 Å². The molecule has 24 heavy (non-hydrogen) atoms. The van der Waals surface area contributed by atoms with Crippen molar-refractivity contribution in [3.05, 3.63) is 60.0 Å². The van der Waals surface area contributed by atoms with Crippen molar-refractivity contribution in [2.75, 3.05) is 28.6 Å². The number of anilines is 3. The Hall–Kier alpha value is -2.82. The molecule has 3 rings (SSSR count). The lowest BCUT2D eigenvalue weighted by Gasteiger charge is -2.21. The van der Waals surface area contributed by atoms with Gasteiger partial charge in [-0.25, -0.2) is 4.39 Å². The molecule has 0 radical (unpaired) electrons. The normalized spacial score (nSPS) is 14.5. The summed E-state index contributed by atoms with van der Waals surface area (Å²) in [5.41, 5.74) is 3.66. The summed E-state index contributed by atoms with van der Waals surface area (Å²) < 4.78 is 13.4. The molecule has 0 saturated carbocycles. The molecule has 0 fully saturated rings. The van der Waals surface area contributed by atoms with Gasteiger partial charge >= 0.3 is 0 Å². The molecule has 0 aromatic heterocycles. The summed E-state index contributed by atoms with van der Waals surface area (Å²) >= 11 is 0. The average molecular weight is 325 g/mol. The predicted octanol–water partition coefficient (Wildman–Crippen LogP) is 4.08. The number of halogens is 1. The Morgan fingerprint density at radius 3 is 2.50 bits per heavy atom. The lowest BCUT2D eigenvalue weighted by Crippen LogP contribution is -2.21. The summed E-state index contributed by atoms with van der Waals surface area (Å²) in [6.45, 7) is 6.15. The van der Waals surface area contributed by atoms with Crippen LogP contribution in [0.1, 0.15) is 19.4 Å². The second-order valence-corrected chi connectivity index (χ2v) is 5.57. The number of nitrogens with zero attached hydrogens (tertiary/aromatic N) is 1. The van der Waals surface area contributed by atoms with E-state index in [2.05, 4.69) is 29.4 Å². The van der Waals surface area contributed by atoms with Gasteiger partial charge in [0, 0.05) is 41.9 Å². The third kappa shape index (κ3) is 3.11. The smallest absolute Gasteiger partial charge is 0.257 e. The van der Waals surface area contributed by atoms with E-state index in [1.807, 2.05) is 24.3 Å². The maximum absolute atomic E-state index is 13.4. The minimum atomic E-state index is -0.361. The fourth-order valence-electron chi connectivity index (χ4n) is 2.82. The molecule has 0 aliphatic carbocycles. The molecule has 0 spiro atoms. The summed E-state index contributed by atoms with van der Waals surface area (Å²) in [6.07, 6.45) is 1.62. The monoisotopic (exact) mass is 325 g/mol. The first kappa shape index (κ1) is 16.1. The van der Waals surface area contributed by atoms with Crippen LogP contribution in [0.5, 0.6) is 0 Å². The summed E-state index contributed by atoms with van der Waals surface area (Å²) in [5.74, 6) is -0.595. The number of fused-ring (bicyclic) bond motifs is 1. The van der Waals surface area contributed by atoms with Crippen molar-refractivity contribution in [3.63, 3.8) is 0 Å². The quantitative estimate of drug-likeness (QED) is 0.814. The van der Waals surface area contributed by atoms with Gasteiger partial charge in [-0.15, -0.1) is 0 Å². The van der Waals surface area contributed by atoms with Gasteiger partial charge in [0.15, 0.2) is 0 Å². The highest BCUT2D eigenvalue weighted by Crippen LogP contribution is 2.32. The fourth-order valence-corrected chi connectivity index (χ4v) is 2.82. The van der Waals surface area contributed by atoms with Gasteiger partial charge in [0.2, 0.25) is 0 Å². The third-order valence-electron chi connectivity index (χ3n) is 4.14. The first-order chi connectivity index (χ1) is 11.6. The van der Waals surface area contributed by atoms with Gasteiger partial charge in [-0.2, -0.15) is 0 Å². The zero-order valence-corrected chi connectivity index (χ0v) is 13.8. The Bertz CT molecular complexity index is 780. The van der Waals surface area contributed by atoms with Crippen molar-refractivity contribution >= 4 is 28.5 Å². The van der Waals surface area contributed by atoms with Crippen LogP contribution in [0.2, 0.25) is 0 Å². The number of carbonyl (C=O) groups excluding carboxylic acids is 1. The number of amides is 1. The number of rotatable bonds is 5. The molecule has 4 nitrogen and oxygen atoms in total. The standard InChI is InChI=1S/C19H20FN3O/c1-3-23(4-2)15-8-6-14(7-9-15)21-12-17-16-11-13(20)5-10-18(16)22-19(17)24/h5-12,21H,3-4H2,1-2H3,(H,22,24). The highest BCUT2D eigenvalue weighted by Gasteiger charge is 2.24. The zero-order valence-electron chi connectivity index (χ0n) is 13.8. The lowest BCUT2D eigenvalue weighted by atomic mass is 10.1. The zero-order chi connectivity index (χ0) is 17.1. The Morgan fingerprint density at radius 1 is 1.12 bits per heavy atom. The molecule has 0 bridgehead atoms. The van der Waals surface area contributed by atoms with Crippen LogP contribution < -0.4 is 15.5 Å². The molecule has 1 aliphatic rings. The number of hydrogen-bond acceptors (Lipinski definition) is 3. The maximum Gasteiger partial charge on any atom is 0.257 e. The predicted molar refractivity (Wildman–Crippen MR) is 96.6 cm³/mol. The molecule has 124 valence electrons. The molecule has 1 heterocycles. The molecule has 1 aliphatic heterocycles. The summed E-state index contributed by atoms with van der Waals surface area (Å²) in [6, 6.07) is 12.3. The summed E-state index contributed by atoms with van der Waals surface area (Å²) in [7, 11) is 0. The van der Waals surface area contributed by atoms with Crippen LogP contribution in [-0.4, -0.2) is 19.0 Å².